The molecule has 0 aromatic carbocycles. The Labute approximate surface area is 642 Å². The summed E-state index contributed by atoms with van der Waals surface area (Å²) in [6.45, 7) is 4.48. The van der Waals surface area contributed by atoms with E-state index in [0.29, 0.717) is 32.1 Å². The Morgan fingerprint density at radius 3 is 0.830 bits per heavy atom. The summed E-state index contributed by atoms with van der Waals surface area (Å²) in [6.07, 6.45) is 90.8. The topological polar surface area (TPSA) is 237 Å². The molecule has 3 N–H and O–H groups in total. The highest BCUT2D eigenvalue weighted by atomic mass is 31.2. The number of hydrogen-bond acceptors (Lipinski definition) is 15. The van der Waals surface area contributed by atoms with E-state index in [2.05, 4.69) is 174 Å². The van der Waals surface area contributed by atoms with E-state index in [1.165, 1.54) is 32.1 Å². The molecule has 0 saturated carbocycles. The van der Waals surface area contributed by atoms with E-state index >= 15 is 0 Å². The minimum Gasteiger partial charge on any atom is -0.462 e. The van der Waals surface area contributed by atoms with E-state index in [-0.39, 0.29) is 25.7 Å². The molecule has 0 saturated heterocycles. The molecule has 17 nitrogen and oxygen atoms in total. The van der Waals surface area contributed by atoms with Crippen molar-refractivity contribution >= 4 is 39.5 Å². The average molecular weight is 1520 g/mol. The van der Waals surface area contributed by atoms with Crippen molar-refractivity contribution in [3.05, 3.63) is 158 Å². The molecule has 5 atom stereocenters. The number of phosphoric ester groups is 2. The van der Waals surface area contributed by atoms with Crippen molar-refractivity contribution in [1.82, 2.24) is 0 Å². The lowest BCUT2D eigenvalue weighted by molar-refractivity contribution is -0.161. The lowest BCUT2D eigenvalue weighted by Gasteiger charge is -2.21. The molecule has 0 aliphatic carbocycles. The number of carbonyl (C=O) groups is 4. The summed E-state index contributed by atoms with van der Waals surface area (Å²) >= 11 is 0. The van der Waals surface area contributed by atoms with Crippen molar-refractivity contribution in [3.8, 4) is 0 Å². The lowest BCUT2D eigenvalue weighted by Crippen LogP contribution is -2.30. The minimum absolute atomic E-state index is 0.0675. The number of aliphatic hydroxyl groups excluding tert-OH is 1. The third-order valence-corrected chi connectivity index (χ3v) is 18.4. The van der Waals surface area contributed by atoms with Crippen LogP contribution in [-0.4, -0.2) is 96.7 Å². The maximum atomic E-state index is 13.1. The van der Waals surface area contributed by atoms with Crippen molar-refractivity contribution in [2.24, 2.45) is 0 Å². The van der Waals surface area contributed by atoms with Crippen LogP contribution in [0.2, 0.25) is 0 Å². The normalized spacial score (nSPS) is 14.7. The smallest absolute Gasteiger partial charge is 0.462 e. The molecular formula is C87H144O17P2. The summed E-state index contributed by atoms with van der Waals surface area (Å²) in [5, 5.41) is 10.6. The Morgan fingerprint density at radius 2 is 0.509 bits per heavy atom. The SMILES string of the molecule is CC/C=C\C/C=C\C/C=C\C/C=C\C/C=C\CCCC(=O)OCC(COP(=O)(O)OCC(O)COP(=O)(O)OCC(COC(=O)CCCCCCCC/C=C\C/C=C\C/C=C\C/C=C\CC)OC(=O)CCCCCCCC/C=C\C/C=C\C/C=C\CCCCC)OC(=O)CCCCCCC/C=C\CCCC. The van der Waals surface area contributed by atoms with Gasteiger partial charge in [0.1, 0.15) is 19.3 Å². The second-order valence-electron chi connectivity index (χ2n) is 26.6. The van der Waals surface area contributed by atoms with Gasteiger partial charge in [0, 0.05) is 25.7 Å². The second kappa shape index (κ2) is 77.8. The summed E-state index contributed by atoms with van der Waals surface area (Å²) < 4.78 is 68.6. The van der Waals surface area contributed by atoms with E-state index in [9.17, 15) is 43.2 Å². The molecule has 0 aliphatic heterocycles. The number of ether oxygens (including phenoxy) is 4. The van der Waals surface area contributed by atoms with Gasteiger partial charge in [-0.2, -0.15) is 0 Å². The van der Waals surface area contributed by atoms with Crippen LogP contribution in [0.3, 0.4) is 0 Å². The van der Waals surface area contributed by atoms with E-state index < -0.39 is 97.5 Å². The van der Waals surface area contributed by atoms with Gasteiger partial charge in [-0.05, 0) is 161 Å². The zero-order valence-electron chi connectivity index (χ0n) is 66.1. The number of phosphoric acid groups is 2. The number of esters is 4. The van der Waals surface area contributed by atoms with E-state index in [1.54, 1.807) is 0 Å². The van der Waals surface area contributed by atoms with E-state index in [1.807, 2.05) is 12.2 Å². The van der Waals surface area contributed by atoms with Crippen molar-refractivity contribution in [1.29, 1.82) is 0 Å². The fourth-order valence-electron chi connectivity index (χ4n) is 10.3. The van der Waals surface area contributed by atoms with Gasteiger partial charge in [0.2, 0.25) is 0 Å². The molecule has 604 valence electrons. The zero-order chi connectivity index (χ0) is 77.4. The van der Waals surface area contributed by atoms with Crippen LogP contribution in [0.25, 0.3) is 0 Å². The largest absolute Gasteiger partial charge is 0.472 e. The maximum absolute atomic E-state index is 13.1. The van der Waals surface area contributed by atoms with Gasteiger partial charge >= 0.3 is 39.5 Å². The second-order valence-corrected chi connectivity index (χ2v) is 29.5. The molecule has 0 aliphatic rings. The van der Waals surface area contributed by atoms with Gasteiger partial charge in [-0.1, -0.05) is 282 Å². The molecular weight excluding hydrogens is 1380 g/mol. The van der Waals surface area contributed by atoms with Gasteiger partial charge in [-0.25, -0.2) is 9.13 Å². The fourth-order valence-corrected chi connectivity index (χ4v) is 11.9. The molecule has 0 aromatic rings. The Bertz CT molecular complexity index is 2630. The van der Waals surface area contributed by atoms with Crippen LogP contribution >= 0.6 is 15.6 Å². The van der Waals surface area contributed by atoms with Crippen LogP contribution in [-0.2, 0) is 65.4 Å². The van der Waals surface area contributed by atoms with Crippen LogP contribution in [0.5, 0.6) is 0 Å². The van der Waals surface area contributed by atoms with Crippen LogP contribution < -0.4 is 0 Å². The predicted octanol–water partition coefficient (Wildman–Crippen LogP) is 24.0. The van der Waals surface area contributed by atoms with Gasteiger partial charge in [0.05, 0.1) is 26.4 Å². The Balaban J connectivity index is 5.42. The van der Waals surface area contributed by atoms with Gasteiger partial charge in [0.15, 0.2) is 12.2 Å². The predicted molar refractivity (Wildman–Crippen MR) is 436 cm³/mol. The van der Waals surface area contributed by atoms with Gasteiger partial charge < -0.3 is 33.8 Å². The highest BCUT2D eigenvalue weighted by molar-refractivity contribution is 7.47. The Morgan fingerprint density at radius 1 is 0.274 bits per heavy atom. The first-order valence-electron chi connectivity index (χ1n) is 40.7. The molecule has 5 unspecified atom stereocenters. The number of rotatable bonds is 75. The highest BCUT2D eigenvalue weighted by Crippen LogP contribution is 2.45. The number of unbranched alkanes of at least 4 members (excludes halogenated alkanes) is 23. The summed E-state index contributed by atoms with van der Waals surface area (Å²) in [5.41, 5.74) is 0. The third kappa shape index (κ3) is 76.9. The minimum atomic E-state index is -5.00. The van der Waals surface area contributed by atoms with Crippen LogP contribution in [0.15, 0.2) is 158 Å². The van der Waals surface area contributed by atoms with Gasteiger partial charge in [-0.3, -0.25) is 37.3 Å². The van der Waals surface area contributed by atoms with Crippen LogP contribution in [0.1, 0.15) is 310 Å². The van der Waals surface area contributed by atoms with E-state index in [4.69, 9.17) is 37.0 Å². The standard InChI is InChI=1S/C87H144O17P2/c1-5-9-13-17-21-25-29-32-35-38-40-43-46-49-53-56-60-64-68-72-85(90)98-78-83(104-87(92)74-70-66-62-58-54-50-47-44-41-39-36-33-30-26-22-18-14-10-6-2)80-102-106(95,96)100-76-81(88)75-99-105(93,94)101-79-82(103-86(91)73-69-65-61-57-51-28-24-20-16-12-8-4)77-97-84(89)71-67-63-59-55-52-48-45-42-37-34-31-27-23-19-15-11-7-3/h9,11,13,15,20-27,32-37,40-41,43-45,48,55,59,81-83,88H,5-8,10,12,14,16-19,28-31,38-39,42,46-47,49-54,56-58,60-80H2,1-4H3,(H,93,94)(H,95,96)/b13-9-,15-11-,24-20-,25-21-,26-22-,27-23-,35-32-,36-33-,37-34-,43-40-,44-41-,48-45-,59-55-. The lowest BCUT2D eigenvalue weighted by atomic mass is 10.1. The fraction of sp³-hybridized carbons (Fsp3) is 0.655. The Hall–Kier alpha value is -5.32. The molecule has 19 heteroatoms. The van der Waals surface area contributed by atoms with Crippen LogP contribution in [0, 0.1) is 0 Å². The van der Waals surface area contributed by atoms with Crippen molar-refractivity contribution < 1.29 is 80.2 Å². The maximum Gasteiger partial charge on any atom is 0.472 e. The third-order valence-electron chi connectivity index (χ3n) is 16.5. The molecule has 0 radical (unpaired) electrons. The van der Waals surface area contributed by atoms with Crippen molar-refractivity contribution in [3.63, 3.8) is 0 Å². The number of carbonyl (C=O) groups excluding carboxylic acids is 4. The number of aliphatic hydroxyl groups is 1. The average Bonchev–Trinajstić information content (AvgIpc) is 0.901. The molecule has 0 spiro atoms. The summed E-state index contributed by atoms with van der Waals surface area (Å²) in [6, 6.07) is 0. The van der Waals surface area contributed by atoms with Gasteiger partial charge in [0.25, 0.3) is 0 Å². The van der Waals surface area contributed by atoms with E-state index in [0.717, 1.165) is 193 Å². The first kappa shape index (κ1) is 101. The molecule has 0 aromatic heterocycles. The summed E-state index contributed by atoms with van der Waals surface area (Å²) in [4.78, 5) is 73.0. The summed E-state index contributed by atoms with van der Waals surface area (Å²) in [7, 11) is -9.99. The highest BCUT2D eigenvalue weighted by Gasteiger charge is 2.30. The van der Waals surface area contributed by atoms with Crippen molar-refractivity contribution in [2.75, 3.05) is 39.6 Å². The quantitative estimate of drug-likeness (QED) is 0.0169. The molecule has 106 heavy (non-hydrogen) atoms. The first-order valence-corrected chi connectivity index (χ1v) is 43.7. The van der Waals surface area contributed by atoms with Crippen LogP contribution in [0.4, 0.5) is 0 Å². The monoisotopic (exact) mass is 1520 g/mol. The first-order chi connectivity index (χ1) is 51.7. The molecule has 0 rings (SSSR count). The molecule has 0 fully saturated rings. The van der Waals surface area contributed by atoms with Crippen molar-refractivity contribution in [2.45, 2.75) is 329 Å². The Kier molecular flexibility index (Phi) is 73.9. The molecule has 0 bridgehead atoms. The molecule has 0 heterocycles. The molecule has 0 amide bonds. The number of hydrogen-bond donors (Lipinski definition) is 3. The van der Waals surface area contributed by atoms with Gasteiger partial charge in [-0.15, -0.1) is 0 Å². The zero-order valence-corrected chi connectivity index (χ0v) is 67.8. The number of allylic oxidation sites excluding steroid dienone is 26. The summed E-state index contributed by atoms with van der Waals surface area (Å²) in [5.74, 6) is -2.29.